The quantitative estimate of drug-likeness (QED) is 0.159. The van der Waals surface area contributed by atoms with Crippen LogP contribution in [-0.4, -0.2) is 99.2 Å². The van der Waals surface area contributed by atoms with Crippen molar-refractivity contribution >= 4 is 52.6 Å². The van der Waals surface area contributed by atoms with Gasteiger partial charge in [-0.3, -0.25) is 28.9 Å². The normalized spacial score (nSPS) is 19.4. The minimum atomic E-state index is -0.937. The summed E-state index contributed by atoms with van der Waals surface area (Å²) in [5, 5.41) is 14.6. The highest BCUT2D eigenvalue weighted by Gasteiger charge is 2.41. The fourth-order valence-electron chi connectivity index (χ4n) is 7.48. The summed E-state index contributed by atoms with van der Waals surface area (Å²) < 4.78 is 5.81. The molecule has 0 bridgehead atoms. The number of aryl methyl sites for hydroxylation is 1. The molecule has 0 radical (unpaired) electrons. The lowest BCUT2D eigenvalue weighted by atomic mass is 9.84. The number of thioether (sulfide) groups is 1. The van der Waals surface area contributed by atoms with Gasteiger partial charge in [-0.15, -0.1) is 11.3 Å². The molecule has 1 aromatic heterocycles. The topological polar surface area (TPSA) is 146 Å². The van der Waals surface area contributed by atoms with Crippen molar-refractivity contribution in [3.8, 4) is 0 Å². The first-order valence-electron chi connectivity index (χ1n) is 19.0. The number of benzene rings is 1. The van der Waals surface area contributed by atoms with E-state index in [4.69, 9.17) is 4.74 Å². The maximum absolute atomic E-state index is 14.3. The smallest absolute Gasteiger partial charge is 0.306 e. The molecule has 6 atom stereocenters. The van der Waals surface area contributed by atoms with E-state index in [1.807, 2.05) is 45.0 Å². The van der Waals surface area contributed by atoms with E-state index in [0.29, 0.717) is 11.4 Å². The van der Waals surface area contributed by atoms with Crippen molar-refractivity contribution in [2.45, 2.75) is 111 Å². The van der Waals surface area contributed by atoms with Crippen molar-refractivity contribution < 1.29 is 33.8 Å². The molecule has 3 heterocycles. The highest BCUT2D eigenvalue weighted by molar-refractivity contribution is 8.00. The molecule has 2 aliphatic rings. The van der Waals surface area contributed by atoms with Crippen molar-refractivity contribution in [2.24, 2.45) is 23.7 Å². The van der Waals surface area contributed by atoms with E-state index in [9.17, 15) is 29.1 Å². The number of likely N-dealkylation sites (N-methyl/N-ethyl adjacent to an activating group) is 1. The molecule has 13 heteroatoms. The van der Waals surface area contributed by atoms with Crippen LogP contribution in [0.15, 0.2) is 29.6 Å². The fourth-order valence-corrected chi connectivity index (χ4v) is 9.29. The summed E-state index contributed by atoms with van der Waals surface area (Å²) in [5.41, 5.74) is 2.23. The molecule has 0 unspecified atom stereocenters. The Kier molecular flexibility index (Phi) is 15.9. The van der Waals surface area contributed by atoms with Crippen LogP contribution in [0.25, 0.3) is 0 Å². The SMILES string of the molecule is CCN1CCCC[C@@H]1C(=O)C[C@H](C(=O)N(C)[C@H](C[C@@H](OC(C)=O)c1nc(C(=O)N[C@@H](Cc2ccc(C)cc2)C[C@H](C)C(=O)O)cs1)C(C)C)C1CSC1. The highest BCUT2D eigenvalue weighted by Crippen LogP contribution is 2.37. The highest BCUT2D eigenvalue weighted by atomic mass is 32.2. The average molecular weight is 771 g/mol. The first-order valence-corrected chi connectivity index (χ1v) is 21.0. The first kappa shape index (κ1) is 42.5. The number of amides is 2. The van der Waals surface area contributed by atoms with Gasteiger partial charge in [0.1, 0.15) is 10.7 Å². The summed E-state index contributed by atoms with van der Waals surface area (Å²) in [6, 6.07) is 6.99. The molecule has 2 fully saturated rings. The van der Waals surface area contributed by atoms with E-state index >= 15 is 0 Å². The Balaban J connectivity index is 1.50. The minimum absolute atomic E-state index is 0.00968. The predicted molar refractivity (Wildman–Crippen MR) is 209 cm³/mol. The maximum atomic E-state index is 14.3. The van der Waals surface area contributed by atoms with Gasteiger partial charge >= 0.3 is 11.9 Å². The van der Waals surface area contributed by atoms with E-state index < -0.39 is 41.8 Å². The molecular weight excluding hydrogens is 713 g/mol. The Labute approximate surface area is 323 Å². The number of hydrogen-bond acceptors (Lipinski definition) is 10. The van der Waals surface area contributed by atoms with Crippen LogP contribution < -0.4 is 5.32 Å². The Morgan fingerprint density at radius 1 is 1.08 bits per heavy atom. The second kappa shape index (κ2) is 19.9. The van der Waals surface area contributed by atoms with E-state index in [2.05, 4.69) is 22.1 Å². The van der Waals surface area contributed by atoms with Gasteiger partial charge < -0.3 is 20.1 Å². The van der Waals surface area contributed by atoms with E-state index in [1.165, 1.54) is 18.3 Å². The van der Waals surface area contributed by atoms with Crippen LogP contribution in [0.4, 0.5) is 0 Å². The van der Waals surface area contributed by atoms with Crippen molar-refractivity contribution in [1.29, 1.82) is 0 Å². The summed E-state index contributed by atoms with van der Waals surface area (Å²) in [6.45, 7) is 12.8. The van der Waals surface area contributed by atoms with Gasteiger partial charge in [-0.05, 0) is 74.6 Å². The monoisotopic (exact) mass is 770 g/mol. The van der Waals surface area contributed by atoms with Crippen LogP contribution in [0.3, 0.4) is 0 Å². The molecular formula is C40H58N4O7S2. The summed E-state index contributed by atoms with van der Waals surface area (Å²) in [5.74, 6) is -1.02. The molecule has 0 spiro atoms. The Morgan fingerprint density at radius 3 is 2.36 bits per heavy atom. The van der Waals surface area contributed by atoms with Crippen molar-refractivity contribution in [1.82, 2.24) is 20.1 Å². The van der Waals surface area contributed by atoms with Crippen LogP contribution in [0.2, 0.25) is 0 Å². The third kappa shape index (κ3) is 11.8. The minimum Gasteiger partial charge on any atom is -0.481 e. The van der Waals surface area contributed by atoms with E-state index in [0.717, 1.165) is 55.0 Å². The largest absolute Gasteiger partial charge is 0.481 e. The third-order valence-corrected chi connectivity index (χ3v) is 13.0. The number of carbonyl (C=O) groups is 5. The molecule has 2 amide bonds. The number of aromatic nitrogens is 1. The lowest BCUT2D eigenvalue weighted by Gasteiger charge is -2.40. The van der Waals surface area contributed by atoms with Crippen LogP contribution >= 0.6 is 23.1 Å². The zero-order valence-electron chi connectivity index (χ0n) is 32.3. The van der Waals surface area contributed by atoms with Gasteiger partial charge in [0.05, 0.1) is 12.0 Å². The zero-order chi connectivity index (χ0) is 38.8. The first-order chi connectivity index (χ1) is 25.2. The molecule has 2 N–H and O–H groups in total. The number of ketones is 1. The van der Waals surface area contributed by atoms with Gasteiger partial charge in [0.2, 0.25) is 5.91 Å². The third-order valence-electron chi connectivity index (χ3n) is 10.8. The standard InChI is InChI=1S/C40H58N4O7S2/c1-8-44-16-10-9-11-33(44)35(46)19-31(29-21-52-22-29)39(48)43(7)34(24(2)3)20-36(51-27(6)45)38-42-32(23-53-38)37(47)41-30(17-26(5)40(49)50)18-28-14-12-25(4)13-15-28/h12-15,23-24,26,29-31,33-34,36H,8-11,16-22H2,1-7H3,(H,41,47)(H,49,50)/t26-,30+,31-,33+,34+,36+/m0/s1. The molecule has 1 aromatic carbocycles. The van der Waals surface area contributed by atoms with Crippen LogP contribution in [-0.2, 0) is 30.3 Å². The Morgan fingerprint density at radius 2 is 1.77 bits per heavy atom. The average Bonchev–Trinajstić information content (AvgIpc) is 3.59. The fraction of sp³-hybridized carbons (Fsp3) is 0.650. The number of rotatable bonds is 19. The number of ether oxygens (including phenoxy) is 1. The van der Waals surface area contributed by atoms with Gasteiger partial charge in [0.25, 0.3) is 5.91 Å². The number of aliphatic carboxylic acids is 1. The predicted octanol–water partition coefficient (Wildman–Crippen LogP) is 6.19. The summed E-state index contributed by atoms with van der Waals surface area (Å²) in [7, 11) is 1.78. The number of nitrogens with one attached hydrogen (secondary N) is 1. The number of nitrogens with zero attached hydrogens (tertiary/aromatic N) is 3. The Hall–Kier alpha value is -3.29. The molecule has 53 heavy (non-hydrogen) atoms. The summed E-state index contributed by atoms with van der Waals surface area (Å²) >= 11 is 3.00. The molecule has 4 rings (SSSR count). The number of piperidine rings is 1. The number of carboxylic acids is 1. The molecule has 0 aliphatic carbocycles. The van der Waals surface area contributed by atoms with Gasteiger partial charge in [-0.1, -0.05) is 63.9 Å². The van der Waals surface area contributed by atoms with Crippen molar-refractivity contribution in [2.75, 3.05) is 31.6 Å². The summed E-state index contributed by atoms with van der Waals surface area (Å²) in [4.78, 5) is 74.3. The van der Waals surface area contributed by atoms with Crippen molar-refractivity contribution in [3.63, 3.8) is 0 Å². The molecule has 292 valence electrons. The molecule has 2 aromatic rings. The van der Waals surface area contributed by atoms with Gasteiger partial charge in [0, 0.05) is 50.2 Å². The number of carboxylic acid groups (broad SMARTS) is 1. The number of thiazole rings is 1. The second-order valence-electron chi connectivity index (χ2n) is 15.2. The number of Topliss-reactive ketones (excluding diaryl/α,β-unsaturated/α-hetero) is 1. The maximum Gasteiger partial charge on any atom is 0.306 e. The second-order valence-corrected chi connectivity index (χ2v) is 17.2. The lowest BCUT2D eigenvalue weighted by Crippen LogP contribution is -2.50. The lowest BCUT2D eigenvalue weighted by molar-refractivity contribution is -0.149. The van der Waals surface area contributed by atoms with Crippen LogP contribution in [0.1, 0.15) is 106 Å². The van der Waals surface area contributed by atoms with Gasteiger partial charge in [-0.2, -0.15) is 11.8 Å². The van der Waals surface area contributed by atoms with Crippen LogP contribution in [0.5, 0.6) is 0 Å². The number of esters is 1. The van der Waals surface area contributed by atoms with E-state index in [-0.39, 0.29) is 60.6 Å². The van der Waals surface area contributed by atoms with E-state index in [1.54, 1.807) is 36.0 Å². The summed E-state index contributed by atoms with van der Waals surface area (Å²) in [6.07, 6.45) is 3.34. The number of likely N-dealkylation sites (tertiary alicyclic amines) is 1. The van der Waals surface area contributed by atoms with Gasteiger partial charge in [0.15, 0.2) is 11.9 Å². The zero-order valence-corrected chi connectivity index (χ0v) is 34.0. The van der Waals surface area contributed by atoms with Crippen molar-refractivity contribution in [3.05, 3.63) is 51.5 Å². The number of carbonyl (C=O) groups excluding carboxylic acids is 4. The Bertz CT molecular complexity index is 1560. The molecule has 2 saturated heterocycles. The van der Waals surface area contributed by atoms with Gasteiger partial charge in [-0.25, -0.2) is 4.98 Å². The molecule has 11 nitrogen and oxygen atoms in total. The van der Waals surface area contributed by atoms with Crippen LogP contribution in [0, 0.1) is 30.6 Å². The molecule has 0 saturated carbocycles. The molecule has 2 aliphatic heterocycles. The number of hydrogen-bond donors (Lipinski definition) is 2.